The van der Waals surface area contributed by atoms with E-state index in [1.807, 2.05) is 33.8 Å². The number of anilines is 1. The summed E-state index contributed by atoms with van der Waals surface area (Å²) in [6.45, 7) is 7.38. The summed E-state index contributed by atoms with van der Waals surface area (Å²) in [7, 11) is 0. The van der Waals surface area contributed by atoms with Gasteiger partial charge in [0.05, 0.1) is 11.3 Å². The second-order valence-corrected chi connectivity index (χ2v) is 5.56. The van der Waals surface area contributed by atoms with Gasteiger partial charge in [0.25, 0.3) is 0 Å². The van der Waals surface area contributed by atoms with Gasteiger partial charge >= 0.3 is 5.97 Å². The number of benzene rings is 1. The third-order valence-corrected chi connectivity index (χ3v) is 2.55. The molecule has 0 amide bonds. The number of halogens is 1. The zero-order valence-corrected chi connectivity index (χ0v) is 11.5. The van der Waals surface area contributed by atoms with E-state index in [1.165, 1.54) is 0 Å². The van der Waals surface area contributed by atoms with E-state index in [0.29, 0.717) is 15.7 Å². The molecule has 0 heterocycles. The fourth-order valence-electron chi connectivity index (χ4n) is 1.26. The lowest BCUT2D eigenvalue weighted by molar-refractivity contribution is 0.00706. The third kappa shape index (κ3) is 3.23. The Morgan fingerprint density at radius 1 is 1.38 bits per heavy atom. The summed E-state index contributed by atoms with van der Waals surface area (Å²) in [6.07, 6.45) is 0. The van der Waals surface area contributed by atoms with Gasteiger partial charge < -0.3 is 10.5 Å². The fraction of sp³-hybridized carbons (Fsp3) is 0.417. The highest BCUT2D eigenvalue weighted by molar-refractivity contribution is 9.10. The molecule has 2 N–H and O–H groups in total. The van der Waals surface area contributed by atoms with Crippen molar-refractivity contribution in [3.63, 3.8) is 0 Å². The van der Waals surface area contributed by atoms with Crippen molar-refractivity contribution in [2.45, 2.75) is 33.3 Å². The molecule has 0 aromatic heterocycles. The topological polar surface area (TPSA) is 52.3 Å². The van der Waals surface area contributed by atoms with Crippen molar-refractivity contribution in [3.8, 4) is 0 Å². The number of carbonyl (C=O) groups is 1. The van der Waals surface area contributed by atoms with Crippen molar-refractivity contribution in [1.29, 1.82) is 0 Å². The van der Waals surface area contributed by atoms with Gasteiger partial charge in [-0.05, 0) is 61.3 Å². The second kappa shape index (κ2) is 4.45. The highest BCUT2D eigenvalue weighted by atomic mass is 79.9. The first-order valence-electron chi connectivity index (χ1n) is 4.99. The van der Waals surface area contributed by atoms with Crippen molar-refractivity contribution in [2.75, 3.05) is 5.73 Å². The van der Waals surface area contributed by atoms with Crippen LogP contribution in [-0.4, -0.2) is 11.6 Å². The molecule has 1 aromatic rings. The van der Waals surface area contributed by atoms with E-state index in [9.17, 15) is 4.79 Å². The largest absolute Gasteiger partial charge is 0.456 e. The van der Waals surface area contributed by atoms with Crippen LogP contribution in [0.25, 0.3) is 0 Å². The van der Waals surface area contributed by atoms with Crippen molar-refractivity contribution in [1.82, 2.24) is 0 Å². The Morgan fingerprint density at radius 2 is 1.94 bits per heavy atom. The number of carbonyl (C=O) groups excluding carboxylic acids is 1. The lowest BCUT2D eigenvalue weighted by atomic mass is 10.1. The molecule has 0 fully saturated rings. The minimum atomic E-state index is -0.514. The quantitative estimate of drug-likeness (QED) is 0.636. The number of hydrogen-bond donors (Lipinski definition) is 1. The maximum Gasteiger partial charge on any atom is 0.340 e. The summed E-state index contributed by atoms with van der Waals surface area (Å²) in [5.41, 5.74) is 7.09. The summed E-state index contributed by atoms with van der Waals surface area (Å²) in [4.78, 5) is 11.9. The number of nitrogen functional groups attached to an aromatic ring is 1. The average molecular weight is 286 g/mol. The van der Waals surface area contributed by atoms with E-state index in [0.717, 1.165) is 5.56 Å². The Hall–Kier alpha value is -1.03. The van der Waals surface area contributed by atoms with Gasteiger partial charge in [-0.3, -0.25) is 0 Å². The predicted molar refractivity (Wildman–Crippen MR) is 68.5 cm³/mol. The number of rotatable bonds is 1. The minimum Gasteiger partial charge on any atom is -0.456 e. The predicted octanol–water partition coefficient (Wildman–Crippen LogP) is 3.30. The third-order valence-electron chi connectivity index (χ3n) is 1.89. The standard InChI is InChI=1S/C12H16BrNO2/c1-7-5-8(10(14)9(13)6-7)11(15)16-12(2,3)4/h5-6H,14H2,1-4H3. The van der Waals surface area contributed by atoms with Gasteiger partial charge in [0.2, 0.25) is 0 Å². The lowest BCUT2D eigenvalue weighted by Gasteiger charge is -2.20. The Kier molecular flexibility index (Phi) is 3.63. The summed E-state index contributed by atoms with van der Waals surface area (Å²) in [5, 5.41) is 0. The molecular formula is C12H16BrNO2. The van der Waals surface area contributed by atoms with Gasteiger partial charge in [0.1, 0.15) is 5.60 Å². The number of nitrogens with two attached hydrogens (primary N) is 1. The van der Waals surface area contributed by atoms with E-state index >= 15 is 0 Å². The first kappa shape index (κ1) is 13.0. The normalized spacial score (nSPS) is 11.3. The van der Waals surface area contributed by atoms with Gasteiger partial charge in [-0.2, -0.15) is 0 Å². The van der Waals surface area contributed by atoms with Crippen LogP contribution < -0.4 is 5.73 Å². The van der Waals surface area contributed by atoms with Gasteiger partial charge in [0.15, 0.2) is 0 Å². The van der Waals surface area contributed by atoms with Crippen molar-refractivity contribution in [3.05, 3.63) is 27.7 Å². The molecule has 4 heteroatoms. The molecule has 16 heavy (non-hydrogen) atoms. The zero-order chi connectivity index (χ0) is 12.5. The van der Waals surface area contributed by atoms with Crippen molar-refractivity contribution in [2.24, 2.45) is 0 Å². The number of aryl methyl sites for hydroxylation is 1. The van der Waals surface area contributed by atoms with Gasteiger partial charge in [0, 0.05) is 4.47 Å². The molecule has 0 radical (unpaired) electrons. The Morgan fingerprint density at radius 3 is 2.44 bits per heavy atom. The summed E-state index contributed by atoms with van der Waals surface area (Å²) >= 11 is 3.31. The lowest BCUT2D eigenvalue weighted by Crippen LogP contribution is -2.24. The van der Waals surface area contributed by atoms with Crippen LogP contribution in [0.1, 0.15) is 36.7 Å². The van der Waals surface area contributed by atoms with Gasteiger partial charge in [-0.1, -0.05) is 0 Å². The smallest absolute Gasteiger partial charge is 0.340 e. The molecule has 0 aliphatic rings. The van der Waals surface area contributed by atoms with E-state index in [-0.39, 0.29) is 0 Å². The molecule has 0 aliphatic carbocycles. The zero-order valence-electron chi connectivity index (χ0n) is 9.93. The molecule has 0 atom stereocenters. The molecule has 0 saturated carbocycles. The molecule has 3 nitrogen and oxygen atoms in total. The molecule has 0 saturated heterocycles. The summed E-state index contributed by atoms with van der Waals surface area (Å²) in [6, 6.07) is 3.59. The van der Waals surface area contributed by atoms with Crippen LogP contribution in [0.2, 0.25) is 0 Å². The molecule has 88 valence electrons. The van der Waals surface area contributed by atoms with Gasteiger partial charge in [-0.25, -0.2) is 4.79 Å². The first-order valence-corrected chi connectivity index (χ1v) is 5.79. The summed E-state index contributed by atoms with van der Waals surface area (Å²) in [5.74, 6) is -0.394. The Labute approximate surface area is 104 Å². The fourth-order valence-corrected chi connectivity index (χ4v) is 1.83. The maximum absolute atomic E-state index is 11.9. The average Bonchev–Trinajstić information content (AvgIpc) is 2.08. The monoisotopic (exact) mass is 285 g/mol. The number of ether oxygens (including phenoxy) is 1. The van der Waals surface area contributed by atoms with Crippen LogP contribution in [0, 0.1) is 6.92 Å². The van der Waals surface area contributed by atoms with Crippen LogP contribution in [0.15, 0.2) is 16.6 Å². The van der Waals surface area contributed by atoms with E-state index in [4.69, 9.17) is 10.5 Å². The molecule has 0 unspecified atom stereocenters. The van der Waals surface area contributed by atoms with E-state index in [2.05, 4.69) is 15.9 Å². The highest BCUT2D eigenvalue weighted by Gasteiger charge is 2.20. The molecule has 1 rings (SSSR count). The van der Waals surface area contributed by atoms with Crippen LogP contribution in [-0.2, 0) is 4.74 Å². The highest BCUT2D eigenvalue weighted by Crippen LogP contribution is 2.26. The van der Waals surface area contributed by atoms with E-state index < -0.39 is 11.6 Å². The molecule has 0 spiro atoms. The second-order valence-electron chi connectivity index (χ2n) is 4.71. The van der Waals surface area contributed by atoms with Crippen LogP contribution in [0.4, 0.5) is 5.69 Å². The summed E-state index contributed by atoms with van der Waals surface area (Å²) < 4.78 is 5.99. The Balaban J connectivity index is 3.09. The molecular weight excluding hydrogens is 270 g/mol. The van der Waals surface area contributed by atoms with Crippen molar-refractivity contribution < 1.29 is 9.53 Å². The SMILES string of the molecule is Cc1cc(Br)c(N)c(C(=O)OC(C)(C)C)c1. The number of esters is 1. The molecule has 1 aromatic carbocycles. The molecule has 0 aliphatic heterocycles. The minimum absolute atomic E-state index is 0.394. The maximum atomic E-state index is 11.9. The first-order chi connectivity index (χ1) is 7.20. The van der Waals surface area contributed by atoms with Gasteiger partial charge in [-0.15, -0.1) is 0 Å². The Bertz CT molecular complexity index is 422. The molecule has 0 bridgehead atoms. The van der Waals surface area contributed by atoms with Crippen LogP contribution in [0.3, 0.4) is 0 Å². The number of hydrogen-bond acceptors (Lipinski definition) is 3. The van der Waals surface area contributed by atoms with Crippen molar-refractivity contribution >= 4 is 27.6 Å². The van der Waals surface area contributed by atoms with Crippen LogP contribution in [0.5, 0.6) is 0 Å². The van der Waals surface area contributed by atoms with E-state index in [1.54, 1.807) is 6.07 Å². The van der Waals surface area contributed by atoms with Crippen LogP contribution >= 0.6 is 15.9 Å².